The van der Waals surface area contributed by atoms with Crippen molar-refractivity contribution in [2.45, 2.75) is 31.5 Å². The Bertz CT molecular complexity index is 1000. The van der Waals surface area contributed by atoms with Crippen LogP contribution in [0.2, 0.25) is 0 Å². The van der Waals surface area contributed by atoms with E-state index in [-0.39, 0.29) is 18.7 Å². The summed E-state index contributed by atoms with van der Waals surface area (Å²) in [6.45, 7) is 1.53. The highest BCUT2D eigenvalue weighted by molar-refractivity contribution is 5.40. The van der Waals surface area contributed by atoms with Crippen LogP contribution in [0, 0.1) is 11.8 Å². The molecule has 2 aromatic carbocycles. The van der Waals surface area contributed by atoms with Crippen molar-refractivity contribution in [2.24, 2.45) is 17.6 Å². The van der Waals surface area contributed by atoms with Gasteiger partial charge in [0.05, 0.1) is 0 Å². The molecular weight excluding hydrogens is 448 g/mol. The van der Waals surface area contributed by atoms with Crippen LogP contribution < -0.4 is 10.5 Å². The molecule has 0 saturated carbocycles. The van der Waals surface area contributed by atoms with Crippen LogP contribution in [0.25, 0.3) is 0 Å². The van der Waals surface area contributed by atoms with Crippen LogP contribution in [0.3, 0.4) is 0 Å². The number of alkyl halides is 6. The molecule has 1 aliphatic rings. The Morgan fingerprint density at radius 3 is 2.15 bits per heavy atom. The Kier molecular flexibility index (Phi) is 7.11. The number of ether oxygens (including phenoxy) is 2. The van der Waals surface area contributed by atoms with Crippen LogP contribution in [0.1, 0.15) is 18.1 Å². The van der Waals surface area contributed by atoms with Gasteiger partial charge in [0.1, 0.15) is 11.5 Å². The summed E-state index contributed by atoms with van der Waals surface area (Å²) in [4.78, 5) is 0. The third-order valence-corrected chi connectivity index (χ3v) is 5.81. The van der Waals surface area contributed by atoms with E-state index in [0.29, 0.717) is 5.56 Å². The molecule has 3 rings (SSSR count). The van der Waals surface area contributed by atoms with E-state index in [1.807, 2.05) is 18.2 Å². The lowest BCUT2D eigenvalue weighted by Crippen LogP contribution is -2.47. The Balaban J connectivity index is 2.09. The van der Waals surface area contributed by atoms with Gasteiger partial charge in [0.25, 0.3) is 0 Å². The minimum atomic E-state index is -4.89. The molecule has 3 nitrogen and oxygen atoms in total. The third-order valence-electron chi connectivity index (χ3n) is 5.81. The first kappa shape index (κ1) is 24.7. The SMILES string of the molecule is CC1C(OC(F)(F)F)=CC=CC1C(CN)(Cc1ccccc1)c1cccc(OC(F)(F)F)c1. The van der Waals surface area contributed by atoms with Gasteiger partial charge in [-0.15, -0.1) is 26.3 Å². The lowest BCUT2D eigenvalue weighted by Gasteiger charge is -2.44. The van der Waals surface area contributed by atoms with Crippen LogP contribution in [0.15, 0.2) is 78.6 Å². The van der Waals surface area contributed by atoms with Crippen LogP contribution in [-0.4, -0.2) is 19.3 Å². The van der Waals surface area contributed by atoms with E-state index in [1.54, 1.807) is 31.2 Å². The van der Waals surface area contributed by atoms with Crippen LogP contribution in [-0.2, 0) is 16.6 Å². The highest BCUT2D eigenvalue weighted by Crippen LogP contribution is 2.46. The van der Waals surface area contributed by atoms with E-state index in [2.05, 4.69) is 9.47 Å². The van der Waals surface area contributed by atoms with Crippen molar-refractivity contribution in [1.82, 2.24) is 0 Å². The van der Waals surface area contributed by atoms with Crippen molar-refractivity contribution in [1.29, 1.82) is 0 Å². The Morgan fingerprint density at radius 1 is 0.879 bits per heavy atom. The van der Waals surface area contributed by atoms with Gasteiger partial charge in [-0.25, -0.2) is 0 Å². The van der Waals surface area contributed by atoms with Gasteiger partial charge < -0.3 is 15.2 Å². The largest absolute Gasteiger partial charge is 0.573 e. The van der Waals surface area contributed by atoms with E-state index in [4.69, 9.17) is 5.73 Å². The number of hydrogen-bond donors (Lipinski definition) is 1. The van der Waals surface area contributed by atoms with Gasteiger partial charge in [0.15, 0.2) is 0 Å². The summed E-state index contributed by atoms with van der Waals surface area (Å²) in [7, 11) is 0. The van der Waals surface area contributed by atoms with Crippen molar-refractivity contribution in [2.75, 3.05) is 6.54 Å². The first-order valence-electron chi connectivity index (χ1n) is 10.2. The molecular formula is C24H23F6NO2. The lowest BCUT2D eigenvalue weighted by atomic mass is 9.61. The Hall–Kier alpha value is -2.94. The molecule has 3 atom stereocenters. The molecule has 0 aromatic heterocycles. The van der Waals surface area contributed by atoms with Crippen molar-refractivity contribution in [3.8, 4) is 5.75 Å². The molecule has 0 saturated heterocycles. The second-order valence-electron chi connectivity index (χ2n) is 7.91. The summed E-state index contributed by atoms with van der Waals surface area (Å²) in [6, 6.07) is 14.5. The predicted octanol–water partition coefficient (Wildman–Crippen LogP) is 6.27. The van der Waals surface area contributed by atoms with Crippen LogP contribution >= 0.6 is 0 Å². The zero-order valence-corrected chi connectivity index (χ0v) is 17.7. The molecule has 9 heteroatoms. The van der Waals surface area contributed by atoms with Crippen LogP contribution in [0.4, 0.5) is 26.3 Å². The molecule has 2 aromatic rings. The zero-order valence-electron chi connectivity index (χ0n) is 17.7. The first-order chi connectivity index (χ1) is 15.4. The number of halogens is 6. The summed E-state index contributed by atoms with van der Waals surface area (Å²) >= 11 is 0. The second kappa shape index (κ2) is 9.51. The summed E-state index contributed by atoms with van der Waals surface area (Å²) in [5.74, 6) is -2.08. The normalized spacial score (nSPS) is 20.7. The van der Waals surface area contributed by atoms with Crippen molar-refractivity contribution < 1.29 is 35.8 Å². The average Bonchev–Trinajstić information content (AvgIpc) is 2.72. The molecule has 0 radical (unpaired) electrons. The standard InChI is InChI=1S/C24H23F6NO2/c1-16-20(11-6-12-21(16)33-24(28,29)30)22(15-31,14-17-7-3-2-4-8-17)18-9-5-10-19(13-18)32-23(25,26)27/h2-13,16,20H,14-15,31H2,1H3. The summed E-state index contributed by atoms with van der Waals surface area (Å²) < 4.78 is 85.7. The molecule has 178 valence electrons. The number of rotatable bonds is 7. The van der Waals surface area contributed by atoms with Gasteiger partial charge >= 0.3 is 12.7 Å². The molecule has 0 fully saturated rings. The quantitative estimate of drug-likeness (QED) is 0.485. The molecule has 2 N–H and O–H groups in total. The van der Waals surface area contributed by atoms with E-state index in [1.165, 1.54) is 30.4 Å². The maximum absolute atomic E-state index is 13.0. The Morgan fingerprint density at radius 2 is 1.55 bits per heavy atom. The molecule has 3 unspecified atom stereocenters. The smallest absolute Gasteiger partial charge is 0.410 e. The van der Waals surface area contributed by atoms with E-state index in [0.717, 1.165) is 5.56 Å². The van der Waals surface area contributed by atoms with E-state index in [9.17, 15) is 26.3 Å². The highest BCUT2D eigenvalue weighted by Gasteiger charge is 2.45. The van der Waals surface area contributed by atoms with Crippen molar-refractivity contribution >= 4 is 0 Å². The Labute approximate surface area is 187 Å². The minimum absolute atomic E-state index is 0.0456. The zero-order chi connectivity index (χ0) is 24.3. The van der Waals surface area contributed by atoms with Gasteiger partial charge in [-0.1, -0.05) is 61.5 Å². The molecule has 0 amide bonds. The first-order valence-corrected chi connectivity index (χ1v) is 10.2. The average molecular weight is 471 g/mol. The van der Waals surface area contributed by atoms with Gasteiger partial charge in [-0.3, -0.25) is 0 Å². The number of hydrogen-bond acceptors (Lipinski definition) is 3. The van der Waals surface area contributed by atoms with E-state index >= 15 is 0 Å². The number of benzene rings is 2. The van der Waals surface area contributed by atoms with E-state index < -0.39 is 35.7 Å². The predicted molar refractivity (Wildman–Crippen MR) is 111 cm³/mol. The third kappa shape index (κ3) is 6.10. The van der Waals surface area contributed by atoms with Gasteiger partial charge in [-0.05, 0) is 41.7 Å². The minimum Gasteiger partial charge on any atom is -0.410 e. The molecule has 0 heterocycles. The summed E-state index contributed by atoms with van der Waals surface area (Å²) in [5, 5.41) is 0. The maximum atomic E-state index is 13.0. The van der Waals surface area contributed by atoms with Gasteiger partial charge in [0.2, 0.25) is 0 Å². The fraction of sp³-hybridized carbons (Fsp3) is 0.333. The molecule has 33 heavy (non-hydrogen) atoms. The van der Waals surface area contributed by atoms with Crippen molar-refractivity contribution in [3.05, 3.63) is 89.7 Å². The molecule has 1 aliphatic carbocycles. The van der Waals surface area contributed by atoms with Crippen LogP contribution in [0.5, 0.6) is 5.75 Å². The molecule has 0 spiro atoms. The maximum Gasteiger partial charge on any atom is 0.573 e. The summed E-state index contributed by atoms with van der Waals surface area (Å²) in [5.41, 5.74) is 6.46. The fourth-order valence-corrected chi connectivity index (χ4v) is 4.39. The van der Waals surface area contributed by atoms with Gasteiger partial charge in [-0.2, -0.15) is 0 Å². The van der Waals surface area contributed by atoms with Crippen molar-refractivity contribution in [3.63, 3.8) is 0 Å². The highest BCUT2D eigenvalue weighted by atomic mass is 19.4. The number of nitrogens with two attached hydrogens (primary N) is 1. The summed E-state index contributed by atoms with van der Waals surface area (Å²) in [6.07, 6.45) is -5.07. The molecule has 0 bridgehead atoms. The fourth-order valence-electron chi connectivity index (χ4n) is 4.39. The lowest BCUT2D eigenvalue weighted by molar-refractivity contribution is -0.309. The monoisotopic (exact) mass is 471 g/mol. The topological polar surface area (TPSA) is 44.5 Å². The van der Waals surface area contributed by atoms with Gasteiger partial charge in [0, 0.05) is 17.9 Å². The number of allylic oxidation sites excluding steroid dienone is 4. The molecule has 0 aliphatic heterocycles. The second-order valence-corrected chi connectivity index (χ2v) is 7.91.